The zero-order valence-corrected chi connectivity index (χ0v) is 11.2. The van der Waals surface area contributed by atoms with Crippen molar-refractivity contribution in [2.75, 3.05) is 19.0 Å². The van der Waals surface area contributed by atoms with E-state index >= 15 is 0 Å². The summed E-state index contributed by atoms with van der Waals surface area (Å²) in [5.74, 6) is 0.648. The molecule has 0 spiro atoms. The van der Waals surface area contributed by atoms with Gasteiger partial charge in [-0.1, -0.05) is 6.07 Å². The Labute approximate surface area is 103 Å². The number of carbonyl (C=O) groups excluding carboxylic acids is 1. The molecule has 0 radical (unpaired) electrons. The van der Waals surface area contributed by atoms with Crippen molar-refractivity contribution in [2.45, 2.75) is 32.8 Å². The third kappa shape index (κ3) is 4.85. The van der Waals surface area contributed by atoms with Crippen LogP contribution in [0.5, 0.6) is 0 Å². The van der Waals surface area contributed by atoms with Gasteiger partial charge in [0.15, 0.2) is 0 Å². The number of hydrogen-bond acceptors (Lipinski definition) is 4. The molecule has 0 aliphatic heterocycles. The molecular formula is C13H20N2O2. The normalized spacial score (nSPS) is 11.1. The van der Waals surface area contributed by atoms with Crippen molar-refractivity contribution in [3.63, 3.8) is 0 Å². The van der Waals surface area contributed by atoms with Crippen molar-refractivity contribution in [2.24, 2.45) is 0 Å². The van der Waals surface area contributed by atoms with Crippen molar-refractivity contribution in [1.82, 2.24) is 4.98 Å². The summed E-state index contributed by atoms with van der Waals surface area (Å²) >= 11 is 0. The van der Waals surface area contributed by atoms with E-state index in [4.69, 9.17) is 4.74 Å². The molecule has 1 aromatic heterocycles. The van der Waals surface area contributed by atoms with Gasteiger partial charge >= 0.3 is 5.97 Å². The lowest BCUT2D eigenvalue weighted by Gasteiger charge is -2.19. The second kappa shape index (κ2) is 5.17. The molecule has 1 heterocycles. The van der Waals surface area contributed by atoms with Crippen LogP contribution in [0.1, 0.15) is 26.3 Å². The summed E-state index contributed by atoms with van der Waals surface area (Å²) in [5, 5.41) is 0. The first-order valence-electron chi connectivity index (χ1n) is 5.62. The van der Waals surface area contributed by atoms with E-state index in [1.807, 2.05) is 51.9 Å². The summed E-state index contributed by atoms with van der Waals surface area (Å²) in [6, 6.07) is 3.78. The van der Waals surface area contributed by atoms with Crippen molar-refractivity contribution < 1.29 is 9.53 Å². The standard InChI is InChI=1S/C13H20N2O2/c1-13(2,3)17-12(16)8-10-6-7-11(14-9-10)15(4)5/h6-7,9H,8H2,1-5H3. The summed E-state index contributed by atoms with van der Waals surface area (Å²) in [6.07, 6.45) is 1.97. The van der Waals surface area contributed by atoms with Gasteiger partial charge in [0.05, 0.1) is 6.42 Å². The summed E-state index contributed by atoms with van der Waals surface area (Å²) in [7, 11) is 3.85. The van der Waals surface area contributed by atoms with Gasteiger partial charge in [0.2, 0.25) is 0 Å². The van der Waals surface area contributed by atoms with Crippen LogP contribution in [-0.2, 0) is 16.0 Å². The fourth-order valence-electron chi connectivity index (χ4n) is 1.33. The molecule has 0 fully saturated rings. The van der Waals surface area contributed by atoms with Crippen LogP contribution in [0.3, 0.4) is 0 Å². The average molecular weight is 236 g/mol. The number of hydrogen-bond donors (Lipinski definition) is 0. The summed E-state index contributed by atoms with van der Waals surface area (Å²) in [4.78, 5) is 17.7. The number of rotatable bonds is 3. The van der Waals surface area contributed by atoms with E-state index in [0.29, 0.717) is 0 Å². The number of nitrogens with zero attached hydrogens (tertiary/aromatic N) is 2. The molecule has 1 aromatic rings. The molecule has 94 valence electrons. The Morgan fingerprint density at radius 1 is 1.35 bits per heavy atom. The highest BCUT2D eigenvalue weighted by molar-refractivity contribution is 5.72. The van der Waals surface area contributed by atoms with E-state index < -0.39 is 5.60 Å². The van der Waals surface area contributed by atoms with Gasteiger partial charge < -0.3 is 9.64 Å². The number of ether oxygens (including phenoxy) is 1. The van der Waals surface area contributed by atoms with Crippen LogP contribution in [0, 0.1) is 0 Å². The SMILES string of the molecule is CN(C)c1ccc(CC(=O)OC(C)(C)C)cn1. The molecule has 0 bridgehead atoms. The number of carbonyl (C=O) groups is 1. The first kappa shape index (κ1) is 13.5. The number of esters is 1. The Balaban J connectivity index is 2.61. The van der Waals surface area contributed by atoms with E-state index in [1.165, 1.54) is 0 Å². The van der Waals surface area contributed by atoms with Crippen LogP contribution in [0.2, 0.25) is 0 Å². The molecule has 0 saturated carbocycles. The van der Waals surface area contributed by atoms with Crippen molar-refractivity contribution in [3.8, 4) is 0 Å². The molecule has 1 rings (SSSR count). The molecule has 0 aliphatic rings. The highest BCUT2D eigenvalue weighted by Crippen LogP contribution is 2.11. The molecule has 4 heteroatoms. The predicted octanol–water partition coefficient (Wildman–Crippen LogP) is 2.03. The fraction of sp³-hybridized carbons (Fsp3) is 0.538. The highest BCUT2D eigenvalue weighted by atomic mass is 16.6. The third-order valence-corrected chi connectivity index (χ3v) is 2.04. The van der Waals surface area contributed by atoms with Gasteiger partial charge in [0, 0.05) is 20.3 Å². The minimum Gasteiger partial charge on any atom is -0.460 e. The molecule has 4 nitrogen and oxygen atoms in total. The Kier molecular flexibility index (Phi) is 4.10. The molecule has 0 aliphatic carbocycles. The quantitative estimate of drug-likeness (QED) is 0.753. The Hall–Kier alpha value is -1.58. The third-order valence-electron chi connectivity index (χ3n) is 2.04. The van der Waals surface area contributed by atoms with E-state index in [0.717, 1.165) is 11.4 Å². The van der Waals surface area contributed by atoms with E-state index in [-0.39, 0.29) is 12.4 Å². The molecule has 0 atom stereocenters. The van der Waals surface area contributed by atoms with Crippen molar-refractivity contribution >= 4 is 11.8 Å². The molecule has 0 saturated heterocycles. The second-order valence-corrected chi connectivity index (χ2v) is 5.18. The Morgan fingerprint density at radius 2 is 2.00 bits per heavy atom. The molecule has 17 heavy (non-hydrogen) atoms. The predicted molar refractivity (Wildman–Crippen MR) is 68.1 cm³/mol. The van der Waals surface area contributed by atoms with Gasteiger partial charge in [-0.05, 0) is 32.4 Å². The maximum atomic E-state index is 11.6. The summed E-state index contributed by atoms with van der Waals surface area (Å²) in [5.41, 5.74) is 0.429. The number of anilines is 1. The van der Waals surface area contributed by atoms with Crippen LogP contribution in [0.15, 0.2) is 18.3 Å². The molecule has 0 aromatic carbocycles. The minimum atomic E-state index is -0.436. The first-order valence-corrected chi connectivity index (χ1v) is 5.62. The zero-order chi connectivity index (χ0) is 13.1. The van der Waals surface area contributed by atoms with Gasteiger partial charge in [0.25, 0.3) is 0 Å². The fourth-order valence-corrected chi connectivity index (χ4v) is 1.33. The monoisotopic (exact) mass is 236 g/mol. The number of pyridine rings is 1. The van der Waals surface area contributed by atoms with Crippen LogP contribution < -0.4 is 4.90 Å². The first-order chi connectivity index (χ1) is 7.78. The van der Waals surface area contributed by atoms with E-state index in [2.05, 4.69) is 4.98 Å². The largest absolute Gasteiger partial charge is 0.460 e. The smallest absolute Gasteiger partial charge is 0.310 e. The molecule has 0 unspecified atom stereocenters. The second-order valence-electron chi connectivity index (χ2n) is 5.18. The maximum Gasteiger partial charge on any atom is 0.310 e. The van der Waals surface area contributed by atoms with Crippen molar-refractivity contribution in [3.05, 3.63) is 23.9 Å². The molecule has 0 amide bonds. The number of aromatic nitrogens is 1. The topological polar surface area (TPSA) is 42.4 Å². The lowest BCUT2D eigenvalue weighted by molar-refractivity contribution is -0.153. The molecular weight excluding hydrogens is 216 g/mol. The average Bonchev–Trinajstić information content (AvgIpc) is 2.15. The summed E-state index contributed by atoms with van der Waals surface area (Å²) < 4.78 is 5.24. The van der Waals surface area contributed by atoms with Gasteiger partial charge in [0.1, 0.15) is 11.4 Å². The highest BCUT2D eigenvalue weighted by Gasteiger charge is 2.16. The Morgan fingerprint density at radius 3 is 2.41 bits per heavy atom. The van der Waals surface area contributed by atoms with Gasteiger partial charge in [-0.3, -0.25) is 4.79 Å². The van der Waals surface area contributed by atoms with Gasteiger partial charge in [-0.15, -0.1) is 0 Å². The Bertz CT molecular complexity index is 377. The summed E-state index contributed by atoms with van der Waals surface area (Å²) in [6.45, 7) is 5.58. The van der Waals surface area contributed by atoms with Crippen LogP contribution >= 0.6 is 0 Å². The van der Waals surface area contributed by atoms with Crippen LogP contribution in [0.4, 0.5) is 5.82 Å². The molecule has 0 N–H and O–H groups in total. The lowest BCUT2D eigenvalue weighted by atomic mass is 10.1. The maximum absolute atomic E-state index is 11.6. The van der Waals surface area contributed by atoms with E-state index in [1.54, 1.807) is 6.20 Å². The van der Waals surface area contributed by atoms with Gasteiger partial charge in [-0.2, -0.15) is 0 Å². The van der Waals surface area contributed by atoms with Crippen LogP contribution in [0.25, 0.3) is 0 Å². The van der Waals surface area contributed by atoms with Gasteiger partial charge in [-0.25, -0.2) is 4.98 Å². The van der Waals surface area contributed by atoms with Crippen molar-refractivity contribution in [1.29, 1.82) is 0 Å². The lowest BCUT2D eigenvalue weighted by Crippen LogP contribution is -2.25. The van der Waals surface area contributed by atoms with E-state index in [9.17, 15) is 4.79 Å². The minimum absolute atomic E-state index is 0.225. The zero-order valence-electron chi connectivity index (χ0n) is 11.2. The van der Waals surface area contributed by atoms with Crippen LogP contribution in [-0.4, -0.2) is 30.6 Å².